The molecular formula is C19H27BrO11. The molecule has 10 atom stereocenters. The number of ether oxygens (including phenoxy) is 4. The van der Waals surface area contributed by atoms with Gasteiger partial charge in [-0.3, -0.25) is 0 Å². The van der Waals surface area contributed by atoms with E-state index in [1.165, 1.54) is 0 Å². The van der Waals surface area contributed by atoms with Crippen molar-refractivity contribution >= 4 is 15.9 Å². The van der Waals surface area contributed by atoms with Crippen LogP contribution in [0.15, 0.2) is 28.7 Å². The summed E-state index contributed by atoms with van der Waals surface area (Å²) in [7, 11) is 0. The maximum absolute atomic E-state index is 10.2. The van der Waals surface area contributed by atoms with Gasteiger partial charge in [-0.25, -0.2) is 0 Å². The van der Waals surface area contributed by atoms with Crippen molar-refractivity contribution in [1.29, 1.82) is 0 Å². The Morgan fingerprint density at radius 3 is 1.90 bits per heavy atom. The fraction of sp³-hybridized carbons (Fsp3) is 0.684. The van der Waals surface area contributed by atoms with Crippen molar-refractivity contribution in [2.24, 2.45) is 0 Å². The summed E-state index contributed by atoms with van der Waals surface area (Å²) in [5.41, 5.74) is 0.771. The maximum Gasteiger partial charge on any atom is 0.187 e. The molecule has 0 unspecified atom stereocenters. The molecule has 3 rings (SSSR count). The standard InChI is InChI=1S/C19H27BrO11/c20-9-4-2-1-3-8(9)6-28-18-17(27)15(25)13(23)11(31-18)7-29-19-16(26)14(24)12(22)10(5-21)30-19/h1-4,10-19,21-27H,5-7H2/t10-,11-,12-,13-,14+,15+,16-,17-,18-,19-/m1/s1. The van der Waals surface area contributed by atoms with Crippen LogP contribution in [0, 0.1) is 0 Å². The van der Waals surface area contributed by atoms with Gasteiger partial charge in [0.15, 0.2) is 12.6 Å². The Kier molecular flexibility index (Phi) is 8.77. The molecule has 1 aromatic rings. The molecule has 2 fully saturated rings. The molecule has 2 aliphatic heterocycles. The lowest BCUT2D eigenvalue weighted by molar-refractivity contribution is -0.332. The second-order valence-corrected chi connectivity index (χ2v) is 8.30. The van der Waals surface area contributed by atoms with E-state index in [2.05, 4.69) is 15.9 Å². The Morgan fingerprint density at radius 2 is 1.29 bits per heavy atom. The number of hydrogen-bond donors (Lipinski definition) is 7. The Hall–Kier alpha value is -0.740. The minimum atomic E-state index is -1.63. The summed E-state index contributed by atoms with van der Waals surface area (Å²) in [5.74, 6) is 0. The minimum absolute atomic E-state index is 0.0479. The van der Waals surface area contributed by atoms with Gasteiger partial charge in [-0.2, -0.15) is 0 Å². The second kappa shape index (κ2) is 10.9. The summed E-state index contributed by atoms with van der Waals surface area (Å²) in [4.78, 5) is 0. The topological polar surface area (TPSA) is 179 Å². The number of halogens is 1. The zero-order valence-corrected chi connectivity index (χ0v) is 17.9. The van der Waals surface area contributed by atoms with Crippen LogP contribution in [0.25, 0.3) is 0 Å². The summed E-state index contributed by atoms with van der Waals surface area (Å²) in [6.45, 7) is -0.988. The van der Waals surface area contributed by atoms with Gasteiger partial charge in [-0.05, 0) is 11.6 Å². The van der Waals surface area contributed by atoms with Crippen LogP contribution < -0.4 is 0 Å². The third-order valence-corrected chi connectivity index (χ3v) is 6.08. The molecule has 176 valence electrons. The molecule has 0 bridgehead atoms. The number of benzene rings is 1. The van der Waals surface area contributed by atoms with Crippen molar-refractivity contribution in [3.05, 3.63) is 34.3 Å². The minimum Gasteiger partial charge on any atom is -0.394 e. The van der Waals surface area contributed by atoms with Crippen LogP contribution in [-0.4, -0.2) is 110 Å². The Morgan fingerprint density at radius 1 is 0.742 bits per heavy atom. The van der Waals surface area contributed by atoms with E-state index in [0.29, 0.717) is 0 Å². The predicted molar refractivity (Wildman–Crippen MR) is 105 cm³/mol. The van der Waals surface area contributed by atoms with E-state index in [4.69, 9.17) is 18.9 Å². The fourth-order valence-corrected chi connectivity index (χ4v) is 3.77. The van der Waals surface area contributed by atoms with E-state index in [0.717, 1.165) is 10.0 Å². The third-order valence-electron chi connectivity index (χ3n) is 5.30. The molecule has 1 aromatic carbocycles. The smallest absolute Gasteiger partial charge is 0.187 e. The van der Waals surface area contributed by atoms with E-state index in [1.54, 1.807) is 12.1 Å². The van der Waals surface area contributed by atoms with Gasteiger partial charge in [0, 0.05) is 4.47 Å². The zero-order chi connectivity index (χ0) is 22.7. The molecule has 7 N–H and O–H groups in total. The molecule has 2 heterocycles. The first-order valence-electron chi connectivity index (χ1n) is 9.71. The first kappa shape index (κ1) is 24.9. The van der Waals surface area contributed by atoms with Crippen molar-refractivity contribution in [1.82, 2.24) is 0 Å². The molecule has 0 aliphatic carbocycles. The molecule has 0 saturated carbocycles. The van der Waals surface area contributed by atoms with Gasteiger partial charge in [-0.15, -0.1) is 0 Å². The maximum atomic E-state index is 10.2. The molecule has 0 radical (unpaired) electrons. The van der Waals surface area contributed by atoms with Crippen LogP contribution in [0.2, 0.25) is 0 Å². The highest BCUT2D eigenvalue weighted by molar-refractivity contribution is 9.10. The highest BCUT2D eigenvalue weighted by atomic mass is 79.9. The largest absolute Gasteiger partial charge is 0.394 e. The van der Waals surface area contributed by atoms with Gasteiger partial charge in [0.1, 0.15) is 48.8 Å². The van der Waals surface area contributed by atoms with E-state index in [9.17, 15) is 35.7 Å². The number of rotatable bonds is 7. The van der Waals surface area contributed by atoms with Crippen LogP contribution in [0.1, 0.15) is 5.56 Å². The van der Waals surface area contributed by atoms with Crippen LogP contribution in [0.5, 0.6) is 0 Å². The van der Waals surface area contributed by atoms with E-state index < -0.39 is 74.6 Å². The molecule has 0 spiro atoms. The molecule has 31 heavy (non-hydrogen) atoms. The normalized spacial score (nSPS) is 41.3. The summed E-state index contributed by atoms with van der Waals surface area (Å²) >= 11 is 3.38. The molecule has 12 heteroatoms. The van der Waals surface area contributed by atoms with Gasteiger partial charge < -0.3 is 54.7 Å². The summed E-state index contributed by atoms with van der Waals surface area (Å²) in [5, 5.41) is 69.5. The third kappa shape index (κ3) is 5.61. The molecule has 2 aliphatic rings. The molecule has 0 aromatic heterocycles. The Balaban J connectivity index is 1.60. The van der Waals surface area contributed by atoms with Gasteiger partial charge in [-0.1, -0.05) is 34.1 Å². The Labute approximate surface area is 186 Å². The van der Waals surface area contributed by atoms with Gasteiger partial charge in [0.2, 0.25) is 0 Å². The van der Waals surface area contributed by atoms with Crippen LogP contribution >= 0.6 is 15.9 Å². The summed E-state index contributed by atoms with van der Waals surface area (Å²) in [6, 6.07) is 7.24. The molecule has 11 nitrogen and oxygen atoms in total. The van der Waals surface area contributed by atoms with Crippen LogP contribution in [-0.2, 0) is 25.6 Å². The first-order chi connectivity index (χ1) is 14.7. The average molecular weight is 511 g/mol. The number of aliphatic hydroxyl groups is 7. The summed E-state index contributed by atoms with van der Waals surface area (Å²) in [6.07, 6.45) is -14.5. The number of hydrogen-bond acceptors (Lipinski definition) is 11. The molecular weight excluding hydrogens is 484 g/mol. The predicted octanol–water partition coefficient (Wildman–Crippen LogP) is -2.41. The summed E-state index contributed by atoms with van der Waals surface area (Å²) < 4.78 is 22.5. The Bertz CT molecular complexity index is 707. The lowest BCUT2D eigenvalue weighted by Crippen LogP contribution is -2.61. The zero-order valence-electron chi connectivity index (χ0n) is 16.3. The highest BCUT2D eigenvalue weighted by Gasteiger charge is 2.47. The van der Waals surface area contributed by atoms with Gasteiger partial charge >= 0.3 is 0 Å². The number of aliphatic hydroxyl groups excluding tert-OH is 7. The van der Waals surface area contributed by atoms with Crippen molar-refractivity contribution < 1.29 is 54.7 Å². The van der Waals surface area contributed by atoms with Gasteiger partial charge in [0.25, 0.3) is 0 Å². The highest BCUT2D eigenvalue weighted by Crippen LogP contribution is 2.27. The lowest BCUT2D eigenvalue weighted by atomic mass is 9.98. The van der Waals surface area contributed by atoms with Crippen LogP contribution in [0.3, 0.4) is 0 Å². The van der Waals surface area contributed by atoms with E-state index in [-0.39, 0.29) is 6.61 Å². The van der Waals surface area contributed by atoms with Crippen molar-refractivity contribution in [2.45, 2.75) is 68.0 Å². The van der Waals surface area contributed by atoms with Crippen LogP contribution in [0.4, 0.5) is 0 Å². The van der Waals surface area contributed by atoms with Gasteiger partial charge in [0.05, 0.1) is 19.8 Å². The fourth-order valence-electron chi connectivity index (χ4n) is 3.37. The van der Waals surface area contributed by atoms with Crippen molar-refractivity contribution in [3.63, 3.8) is 0 Å². The SMILES string of the molecule is OC[C@H]1O[C@@H](OC[C@H]2O[C@@H](OCc3ccccc3Br)[C@H](O)[C@@H](O)[C@@H]2O)[C@H](O)[C@@H](O)[C@@H]1O. The monoisotopic (exact) mass is 510 g/mol. The molecule has 2 saturated heterocycles. The quantitative estimate of drug-likeness (QED) is 0.207. The van der Waals surface area contributed by atoms with Crippen molar-refractivity contribution in [2.75, 3.05) is 13.2 Å². The first-order valence-corrected chi connectivity index (χ1v) is 10.5. The average Bonchev–Trinajstić information content (AvgIpc) is 2.77. The second-order valence-electron chi connectivity index (χ2n) is 7.45. The van der Waals surface area contributed by atoms with Crippen molar-refractivity contribution in [3.8, 4) is 0 Å². The van der Waals surface area contributed by atoms with E-state index in [1.807, 2.05) is 12.1 Å². The van der Waals surface area contributed by atoms with E-state index >= 15 is 0 Å². The lowest BCUT2D eigenvalue weighted by Gasteiger charge is -2.42. The molecule has 0 amide bonds.